The van der Waals surface area contributed by atoms with Crippen LogP contribution in [-0.2, 0) is 6.42 Å². The van der Waals surface area contributed by atoms with E-state index < -0.39 is 0 Å². The molecule has 2 aromatic rings. The Morgan fingerprint density at radius 2 is 1.73 bits per heavy atom. The van der Waals surface area contributed by atoms with Gasteiger partial charge in [0.05, 0.1) is 0 Å². The highest BCUT2D eigenvalue weighted by atomic mass is 16.3. The molecule has 2 aromatic carbocycles. The van der Waals surface area contributed by atoms with Crippen LogP contribution in [-0.4, -0.2) is 10.2 Å². The van der Waals surface area contributed by atoms with Crippen molar-refractivity contribution in [3.05, 3.63) is 47.5 Å². The van der Waals surface area contributed by atoms with Gasteiger partial charge in [0.25, 0.3) is 0 Å². The van der Waals surface area contributed by atoms with Crippen molar-refractivity contribution in [3.63, 3.8) is 0 Å². The highest BCUT2D eigenvalue weighted by Gasteiger charge is 2.21. The molecule has 2 nitrogen and oxygen atoms in total. The number of aromatic hydroxyl groups is 2. The topological polar surface area (TPSA) is 40.5 Å². The summed E-state index contributed by atoms with van der Waals surface area (Å²) in [5.74, 6) is 0.296. The third kappa shape index (κ3) is 1.11. The van der Waals surface area contributed by atoms with E-state index >= 15 is 0 Å². The highest BCUT2D eigenvalue weighted by molar-refractivity contribution is 5.80. The molecule has 2 N–H and O–H groups in total. The van der Waals surface area contributed by atoms with Crippen molar-refractivity contribution < 1.29 is 10.2 Å². The van der Waals surface area contributed by atoms with Crippen molar-refractivity contribution >= 4 is 0 Å². The van der Waals surface area contributed by atoms with Gasteiger partial charge in [-0.2, -0.15) is 0 Å². The van der Waals surface area contributed by atoms with E-state index in [4.69, 9.17) is 0 Å². The lowest BCUT2D eigenvalue weighted by Gasteiger charge is -2.03. The highest BCUT2D eigenvalue weighted by Crippen LogP contribution is 2.42. The lowest BCUT2D eigenvalue weighted by molar-refractivity contribution is 0.448. The molecule has 3 rings (SSSR count). The maximum Gasteiger partial charge on any atom is 0.123 e. The summed E-state index contributed by atoms with van der Waals surface area (Å²) in [6.07, 6.45) is 0.748. The second kappa shape index (κ2) is 2.76. The van der Waals surface area contributed by atoms with Crippen LogP contribution in [0.3, 0.4) is 0 Å². The van der Waals surface area contributed by atoms with Gasteiger partial charge in [0, 0.05) is 18.1 Å². The molecule has 0 fully saturated rings. The molecular weight excluding hydrogens is 188 g/mol. The number of hydrogen-bond donors (Lipinski definition) is 2. The van der Waals surface area contributed by atoms with E-state index in [9.17, 15) is 10.2 Å². The minimum Gasteiger partial charge on any atom is -0.508 e. The fraction of sp³-hybridized carbons (Fsp3) is 0.0769. The number of hydrogen-bond acceptors (Lipinski definition) is 2. The van der Waals surface area contributed by atoms with Crippen LogP contribution >= 0.6 is 0 Å². The van der Waals surface area contributed by atoms with Crippen LogP contribution in [0, 0.1) is 0 Å². The number of rotatable bonds is 0. The van der Waals surface area contributed by atoms with Crippen molar-refractivity contribution in [1.29, 1.82) is 0 Å². The van der Waals surface area contributed by atoms with Gasteiger partial charge in [-0.25, -0.2) is 0 Å². The first-order valence-electron chi connectivity index (χ1n) is 4.89. The zero-order valence-electron chi connectivity index (χ0n) is 8.07. The van der Waals surface area contributed by atoms with E-state index in [0.717, 1.165) is 23.1 Å². The Hall–Kier alpha value is -1.96. The summed E-state index contributed by atoms with van der Waals surface area (Å²) < 4.78 is 0. The number of benzene rings is 2. The van der Waals surface area contributed by atoms with Gasteiger partial charge in [-0.15, -0.1) is 0 Å². The number of phenolic OH excluding ortho intramolecular Hbond substituents is 2. The first kappa shape index (κ1) is 8.36. The Bertz CT molecular complexity index is 544. The standard InChI is InChI=1S/C13H10O2/c14-9-6-11-10-4-2-1-3-8(10)5-12(11)13(15)7-9/h1-4,6-7,14-15H,5H2. The molecule has 0 saturated carbocycles. The molecule has 0 unspecified atom stereocenters. The van der Waals surface area contributed by atoms with E-state index in [1.807, 2.05) is 24.3 Å². The van der Waals surface area contributed by atoms with Gasteiger partial charge in [-0.1, -0.05) is 24.3 Å². The van der Waals surface area contributed by atoms with Gasteiger partial charge < -0.3 is 10.2 Å². The van der Waals surface area contributed by atoms with Gasteiger partial charge in [0.1, 0.15) is 11.5 Å². The van der Waals surface area contributed by atoms with Crippen molar-refractivity contribution in [2.45, 2.75) is 6.42 Å². The minimum absolute atomic E-state index is 0.114. The molecule has 1 aliphatic carbocycles. The molecule has 0 radical (unpaired) electrons. The van der Waals surface area contributed by atoms with Crippen molar-refractivity contribution in [2.24, 2.45) is 0 Å². The van der Waals surface area contributed by atoms with Crippen molar-refractivity contribution in [3.8, 4) is 22.6 Å². The molecule has 0 atom stereocenters. The monoisotopic (exact) mass is 198 g/mol. The summed E-state index contributed by atoms with van der Waals surface area (Å²) in [4.78, 5) is 0. The molecular formula is C13H10O2. The molecule has 2 heteroatoms. The zero-order valence-corrected chi connectivity index (χ0v) is 8.07. The van der Waals surface area contributed by atoms with Crippen LogP contribution in [0.1, 0.15) is 11.1 Å². The first-order valence-corrected chi connectivity index (χ1v) is 4.89. The summed E-state index contributed by atoms with van der Waals surface area (Å²) in [6, 6.07) is 11.1. The molecule has 0 aromatic heterocycles. The quantitative estimate of drug-likeness (QED) is 0.583. The Labute approximate surface area is 87.4 Å². The van der Waals surface area contributed by atoms with E-state index in [2.05, 4.69) is 0 Å². The molecule has 0 heterocycles. The van der Waals surface area contributed by atoms with E-state index in [1.165, 1.54) is 11.6 Å². The van der Waals surface area contributed by atoms with Crippen LogP contribution in [0.15, 0.2) is 36.4 Å². The zero-order chi connectivity index (χ0) is 10.4. The van der Waals surface area contributed by atoms with Crippen LogP contribution in [0.2, 0.25) is 0 Å². The summed E-state index contributed by atoms with van der Waals surface area (Å²) >= 11 is 0. The maximum atomic E-state index is 9.72. The minimum atomic E-state index is 0.114. The molecule has 0 saturated heterocycles. The normalized spacial score (nSPS) is 12.3. The Morgan fingerprint density at radius 3 is 2.60 bits per heavy atom. The Balaban J connectivity index is 2.33. The fourth-order valence-corrected chi connectivity index (χ4v) is 2.20. The third-order valence-electron chi connectivity index (χ3n) is 2.89. The predicted molar refractivity (Wildman–Crippen MR) is 58.0 cm³/mol. The van der Waals surface area contributed by atoms with Gasteiger partial charge >= 0.3 is 0 Å². The number of phenols is 2. The van der Waals surface area contributed by atoms with Gasteiger partial charge in [-0.05, 0) is 22.8 Å². The van der Waals surface area contributed by atoms with Crippen LogP contribution < -0.4 is 0 Å². The number of fused-ring (bicyclic) bond motifs is 3. The molecule has 0 bridgehead atoms. The summed E-state index contributed by atoms with van der Waals surface area (Å²) in [6.45, 7) is 0. The molecule has 15 heavy (non-hydrogen) atoms. The van der Waals surface area contributed by atoms with Gasteiger partial charge in [0.2, 0.25) is 0 Å². The second-order valence-electron chi connectivity index (χ2n) is 3.82. The van der Waals surface area contributed by atoms with E-state index in [1.54, 1.807) is 6.07 Å². The molecule has 1 aliphatic rings. The summed E-state index contributed by atoms with van der Waals surface area (Å²) in [7, 11) is 0. The first-order chi connectivity index (χ1) is 7.25. The Morgan fingerprint density at radius 1 is 0.933 bits per heavy atom. The summed E-state index contributed by atoms with van der Waals surface area (Å²) in [5.41, 5.74) is 4.17. The Kier molecular flexibility index (Phi) is 1.54. The largest absolute Gasteiger partial charge is 0.508 e. The lowest BCUT2D eigenvalue weighted by Crippen LogP contribution is -1.81. The average Bonchev–Trinajstić information content (AvgIpc) is 2.57. The van der Waals surface area contributed by atoms with Crippen LogP contribution in [0.4, 0.5) is 0 Å². The maximum absolute atomic E-state index is 9.72. The molecule has 0 spiro atoms. The van der Waals surface area contributed by atoms with Crippen LogP contribution in [0.25, 0.3) is 11.1 Å². The van der Waals surface area contributed by atoms with Crippen LogP contribution in [0.5, 0.6) is 11.5 Å². The summed E-state index contributed by atoms with van der Waals surface area (Å²) in [5, 5.41) is 19.2. The molecule has 0 aliphatic heterocycles. The van der Waals surface area contributed by atoms with Crippen molar-refractivity contribution in [2.75, 3.05) is 0 Å². The third-order valence-corrected chi connectivity index (χ3v) is 2.89. The second-order valence-corrected chi connectivity index (χ2v) is 3.82. The van der Waals surface area contributed by atoms with E-state index in [-0.39, 0.29) is 11.5 Å². The SMILES string of the molecule is Oc1cc(O)c2c(c1)-c1ccccc1C2. The smallest absolute Gasteiger partial charge is 0.123 e. The fourth-order valence-electron chi connectivity index (χ4n) is 2.20. The lowest BCUT2D eigenvalue weighted by atomic mass is 10.1. The molecule has 0 amide bonds. The predicted octanol–water partition coefficient (Wildman–Crippen LogP) is 2.67. The van der Waals surface area contributed by atoms with Gasteiger partial charge in [-0.3, -0.25) is 0 Å². The average molecular weight is 198 g/mol. The van der Waals surface area contributed by atoms with Gasteiger partial charge in [0.15, 0.2) is 0 Å². The van der Waals surface area contributed by atoms with Crippen molar-refractivity contribution in [1.82, 2.24) is 0 Å². The van der Waals surface area contributed by atoms with E-state index in [0.29, 0.717) is 0 Å². The molecule has 74 valence electrons.